The van der Waals surface area contributed by atoms with Crippen molar-refractivity contribution in [1.82, 2.24) is 15.3 Å². The second kappa shape index (κ2) is 5.39. The van der Waals surface area contributed by atoms with Crippen molar-refractivity contribution in [3.05, 3.63) is 71.7 Å². The predicted molar refractivity (Wildman–Crippen MR) is 81.6 cm³/mol. The molecule has 0 bridgehead atoms. The van der Waals surface area contributed by atoms with E-state index in [9.17, 15) is 0 Å². The van der Waals surface area contributed by atoms with Gasteiger partial charge in [0.05, 0.1) is 17.3 Å². The molecule has 3 aromatic rings. The molecule has 3 rings (SSSR count). The predicted octanol–water partition coefficient (Wildman–Crippen LogP) is 3.25. The lowest BCUT2D eigenvalue weighted by atomic mass is 10.00. The zero-order valence-corrected chi connectivity index (χ0v) is 11.7. The molecule has 0 amide bonds. The number of nitrogens with one attached hydrogen (secondary N) is 1. The molecule has 0 aliphatic carbocycles. The molecule has 1 unspecified atom stereocenters. The van der Waals surface area contributed by atoms with Gasteiger partial charge in [-0.25, -0.2) is 0 Å². The van der Waals surface area contributed by atoms with E-state index in [1.54, 1.807) is 0 Å². The number of pyridine rings is 2. The maximum absolute atomic E-state index is 4.77. The van der Waals surface area contributed by atoms with Crippen LogP contribution in [0.1, 0.15) is 22.9 Å². The van der Waals surface area contributed by atoms with Crippen molar-refractivity contribution in [3.8, 4) is 0 Å². The molecule has 3 heteroatoms. The van der Waals surface area contributed by atoms with Gasteiger partial charge in [0.2, 0.25) is 0 Å². The summed E-state index contributed by atoms with van der Waals surface area (Å²) in [6, 6.07) is 14.5. The molecule has 0 spiro atoms. The van der Waals surface area contributed by atoms with Crippen molar-refractivity contribution in [2.45, 2.75) is 13.0 Å². The van der Waals surface area contributed by atoms with Crippen LogP contribution in [0, 0.1) is 6.92 Å². The number of hydrogen-bond donors (Lipinski definition) is 1. The van der Waals surface area contributed by atoms with E-state index in [1.807, 2.05) is 43.7 Å². The Balaban J connectivity index is 2.10. The second-order valence-electron chi connectivity index (χ2n) is 4.88. The zero-order valence-electron chi connectivity index (χ0n) is 11.7. The number of para-hydroxylation sites is 1. The Hall–Kier alpha value is -2.26. The third kappa shape index (κ3) is 2.28. The van der Waals surface area contributed by atoms with Gasteiger partial charge in [0, 0.05) is 17.8 Å². The molecule has 20 heavy (non-hydrogen) atoms. The smallest absolute Gasteiger partial charge is 0.0766 e. The van der Waals surface area contributed by atoms with Gasteiger partial charge in [-0.15, -0.1) is 0 Å². The molecule has 100 valence electrons. The molecule has 0 aliphatic rings. The lowest BCUT2D eigenvalue weighted by Gasteiger charge is -2.18. The molecule has 0 saturated carbocycles. The number of aryl methyl sites for hydroxylation is 1. The topological polar surface area (TPSA) is 37.8 Å². The van der Waals surface area contributed by atoms with Crippen molar-refractivity contribution >= 4 is 10.9 Å². The van der Waals surface area contributed by atoms with Gasteiger partial charge < -0.3 is 5.32 Å². The van der Waals surface area contributed by atoms with E-state index < -0.39 is 0 Å². The minimum atomic E-state index is 0.0632. The molecule has 0 saturated heterocycles. The number of rotatable bonds is 3. The van der Waals surface area contributed by atoms with Crippen LogP contribution >= 0.6 is 0 Å². The van der Waals surface area contributed by atoms with E-state index in [-0.39, 0.29) is 6.04 Å². The van der Waals surface area contributed by atoms with Crippen LogP contribution in [0.25, 0.3) is 10.9 Å². The average Bonchev–Trinajstić information content (AvgIpc) is 2.50. The van der Waals surface area contributed by atoms with Gasteiger partial charge >= 0.3 is 0 Å². The first-order chi connectivity index (χ1) is 9.79. The molecule has 1 N–H and O–H groups in total. The Morgan fingerprint density at radius 1 is 1.05 bits per heavy atom. The first-order valence-electron chi connectivity index (χ1n) is 6.73. The first-order valence-corrected chi connectivity index (χ1v) is 6.73. The summed E-state index contributed by atoms with van der Waals surface area (Å²) < 4.78 is 0. The molecule has 0 fully saturated rings. The molecule has 2 aromatic heterocycles. The normalized spacial score (nSPS) is 12.5. The Labute approximate surface area is 118 Å². The Morgan fingerprint density at radius 2 is 1.90 bits per heavy atom. The summed E-state index contributed by atoms with van der Waals surface area (Å²) in [5, 5.41) is 4.50. The lowest BCUT2D eigenvalue weighted by Crippen LogP contribution is -2.20. The van der Waals surface area contributed by atoms with E-state index >= 15 is 0 Å². The maximum atomic E-state index is 4.77. The van der Waals surface area contributed by atoms with Crippen molar-refractivity contribution in [1.29, 1.82) is 0 Å². The van der Waals surface area contributed by atoms with Gasteiger partial charge in [-0.2, -0.15) is 0 Å². The van der Waals surface area contributed by atoms with Gasteiger partial charge in [-0.05, 0) is 43.3 Å². The molecule has 0 radical (unpaired) electrons. The van der Waals surface area contributed by atoms with Gasteiger partial charge in [0.15, 0.2) is 0 Å². The van der Waals surface area contributed by atoms with Crippen LogP contribution in [0.15, 0.2) is 54.9 Å². The minimum absolute atomic E-state index is 0.0632. The van der Waals surface area contributed by atoms with Crippen LogP contribution < -0.4 is 5.32 Å². The summed E-state index contributed by atoms with van der Waals surface area (Å²) >= 11 is 0. The van der Waals surface area contributed by atoms with Crippen molar-refractivity contribution in [2.75, 3.05) is 7.05 Å². The third-order valence-electron chi connectivity index (χ3n) is 3.59. The average molecular weight is 263 g/mol. The summed E-state index contributed by atoms with van der Waals surface area (Å²) in [5.74, 6) is 0. The monoisotopic (exact) mass is 263 g/mol. The fraction of sp³-hybridized carbons (Fsp3) is 0.176. The SMILES string of the molecule is CNC(c1ccc2ccccc2n1)c1cnccc1C. The highest BCUT2D eigenvalue weighted by atomic mass is 14.9. The van der Waals surface area contributed by atoms with Crippen LogP contribution in [0.2, 0.25) is 0 Å². The lowest BCUT2D eigenvalue weighted by molar-refractivity contribution is 0.667. The fourth-order valence-corrected chi connectivity index (χ4v) is 2.48. The van der Waals surface area contributed by atoms with Crippen molar-refractivity contribution in [3.63, 3.8) is 0 Å². The fourth-order valence-electron chi connectivity index (χ4n) is 2.48. The maximum Gasteiger partial charge on any atom is 0.0766 e. The highest BCUT2D eigenvalue weighted by Gasteiger charge is 2.15. The Kier molecular flexibility index (Phi) is 3.44. The molecule has 1 atom stereocenters. The zero-order chi connectivity index (χ0) is 13.9. The number of nitrogens with zero attached hydrogens (tertiary/aromatic N) is 2. The summed E-state index contributed by atoms with van der Waals surface area (Å²) in [7, 11) is 1.95. The summed E-state index contributed by atoms with van der Waals surface area (Å²) in [6.07, 6.45) is 3.73. The third-order valence-corrected chi connectivity index (χ3v) is 3.59. The van der Waals surface area contributed by atoms with Crippen molar-refractivity contribution in [2.24, 2.45) is 0 Å². The number of fused-ring (bicyclic) bond motifs is 1. The largest absolute Gasteiger partial charge is 0.308 e. The van der Waals surface area contributed by atoms with E-state index in [0.717, 1.165) is 22.2 Å². The second-order valence-corrected chi connectivity index (χ2v) is 4.88. The van der Waals surface area contributed by atoms with Crippen LogP contribution in [-0.2, 0) is 0 Å². The van der Waals surface area contributed by atoms with E-state index in [4.69, 9.17) is 4.98 Å². The highest BCUT2D eigenvalue weighted by Crippen LogP contribution is 2.24. The molecule has 3 nitrogen and oxygen atoms in total. The standard InChI is InChI=1S/C17H17N3/c1-12-9-10-19-11-14(12)17(18-2)16-8-7-13-5-3-4-6-15(13)20-16/h3-11,17-18H,1-2H3. The summed E-state index contributed by atoms with van der Waals surface area (Å²) in [4.78, 5) is 9.01. The number of aromatic nitrogens is 2. The van der Waals surface area contributed by atoms with Crippen LogP contribution in [-0.4, -0.2) is 17.0 Å². The Bertz CT molecular complexity index is 737. The first kappa shape index (κ1) is 12.8. The summed E-state index contributed by atoms with van der Waals surface area (Å²) in [5.41, 5.74) is 4.42. The van der Waals surface area contributed by atoms with Gasteiger partial charge in [0.25, 0.3) is 0 Å². The van der Waals surface area contributed by atoms with E-state index in [1.165, 1.54) is 5.56 Å². The quantitative estimate of drug-likeness (QED) is 0.788. The van der Waals surface area contributed by atoms with Crippen molar-refractivity contribution < 1.29 is 0 Å². The molecule has 0 aliphatic heterocycles. The molecular formula is C17H17N3. The van der Waals surface area contributed by atoms with Crippen LogP contribution in [0.4, 0.5) is 0 Å². The number of benzene rings is 1. The van der Waals surface area contributed by atoms with E-state index in [0.29, 0.717) is 0 Å². The minimum Gasteiger partial charge on any atom is -0.308 e. The number of hydrogen-bond acceptors (Lipinski definition) is 3. The molecule has 2 heterocycles. The summed E-state index contributed by atoms with van der Waals surface area (Å²) in [6.45, 7) is 2.10. The van der Waals surface area contributed by atoms with Gasteiger partial charge in [-0.1, -0.05) is 24.3 Å². The Morgan fingerprint density at radius 3 is 2.70 bits per heavy atom. The molecule has 1 aromatic carbocycles. The van der Waals surface area contributed by atoms with Crippen LogP contribution in [0.5, 0.6) is 0 Å². The van der Waals surface area contributed by atoms with Gasteiger partial charge in [0.1, 0.15) is 0 Å². The van der Waals surface area contributed by atoms with Crippen LogP contribution in [0.3, 0.4) is 0 Å². The van der Waals surface area contributed by atoms with Gasteiger partial charge in [-0.3, -0.25) is 9.97 Å². The highest BCUT2D eigenvalue weighted by molar-refractivity contribution is 5.78. The van der Waals surface area contributed by atoms with E-state index in [2.05, 4.69) is 35.4 Å². The molecular weight excluding hydrogens is 246 g/mol.